The Morgan fingerprint density at radius 1 is 1.40 bits per heavy atom. The lowest BCUT2D eigenvalue weighted by Gasteiger charge is -2.18. The van der Waals surface area contributed by atoms with E-state index >= 15 is 0 Å². The Kier molecular flexibility index (Phi) is 2.54. The second-order valence-corrected chi connectivity index (χ2v) is 5.40. The number of aromatic nitrogens is 3. The topological polar surface area (TPSA) is 34.0 Å². The van der Waals surface area contributed by atoms with E-state index in [1.54, 1.807) is 0 Å². The molecule has 4 heteroatoms. The predicted molar refractivity (Wildman–Crippen MR) is 59.6 cm³/mol. The van der Waals surface area contributed by atoms with Gasteiger partial charge in [0.05, 0.1) is 23.5 Å². The van der Waals surface area contributed by atoms with E-state index in [-0.39, 0.29) is 5.54 Å². The van der Waals surface area contributed by atoms with Gasteiger partial charge in [0.2, 0.25) is 0 Å². The zero-order chi connectivity index (χ0) is 11.1. The monoisotopic (exact) mass is 208 g/mol. The molecule has 0 aliphatic carbocycles. The molecule has 1 saturated heterocycles. The van der Waals surface area contributed by atoms with Crippen molar-refractivity contribution >= 4 is 0 Å². The van der Waals surface area contributed by atoms with Crippen LogP contribution in [-0.2, 0) is 5.54 Å². The first-order chi connectivity index (χ1) is 6.98. The van der Waals surface area contributed by atoms with Gasteiger partial charge < -0.3 is 0 Å². The van der Waals surface area contributed by atoms with Crippen molar-refractivity contribution in [3.8, 4) is 0 Å². The van der Waals surface area contributed by atoms with E-state index in [0.717, 1.165) is 5.69 Å². The first kappa shape index (κ1) is 10.6. The molecular formula is C11H20N4. The van der Waals surface area contributed by atoms with Crippen LogP contribution in [-0.4, -0.2) is 33.5 Å². The van der Waals surface area contributed by atoms with E-state index < -0.39 is 0 Å². The largest absolute Gasteiger partial charge is 0.298 e. The molecule has 2 rings (SSSR count). The fraction of sp³-hybridized carbons (Fsp3) is 0.818. The van der Waals surface area contributed by atoms with Gasteiger partial charge in [0, 0.05) is 0 Å². The maximum absolute atomic E-state index is 4.29. The Morgan fingerprint density at radius 3 is 2.60 bits per heavy atom. The van der Waals surface area contributed by atoms with Crippen LogP contribution in [0.5, 0.6) is 0 Å². The smallest absolute Gasteiger partial charge is 0.0998 e. The van der Waals surface area contributed by atoms with Crippen molar-refractivity contribution in [1.29, 1.82) is 0 Å². The van der Waals surface area contributed by atoms with Crippen LogP contribution < -0.4 is 0 Å². The number of hydrogen-bond acceptors (Lipinski definition) is 3. The van der Waals surface area contributed by atoms with Gasteiger partial charge >= 0.3 is 0 Å². The summed E-state index contributed by atoms with van der Waals surface area (Å²) < 4.78 is 1.95. The number of likely N-dealkylation sites (tertiary alicyclic amines) is 1. The van der Waals surface area contributed by atoms with E-state index in [1.165, 1.54) is 19.4 Å². The normalized spacial score (nSPS) is 23.6. The van der Waals surface area contributed by atoms with Crippen LogP contribution in [0.1, 0.15) is 45.3 Å². The van der Waals surface area contributed by atoms with Gasteiger partial charge in [-0.1, -0.05) is 5.21 Å². The molecule has 0 N–H and O–H groups in total. The molecule has 0 spiro atoms. The first-order valence-corrected chi connectivity index (χ1v) is 5.61. The zero-order valence-electron chi connectivity index (χ0n) is 10.1. The highest BCUT2D eigenvalue weighted by Gasteiger charge is 2.26. The molecule has 1 aliphatic rings. The van der Waals surface area contributed by atoms with Crippen molar-refractivity contribution in [3.05, 3.63) is 11.9 Å². The lowest BCUT2D eigenvalue weighted by Crippen LogP contribution is -2.22. The van der Waals surface area contributed by atoms with Gasteiger partial charge in [0.15, 0.2) is 0 Å². The average molecular weight is 208 g/mol. The van der Waals surface area contributed by atoms with Crippen molar-refractivity contribution in [3.63, 3.8) is 0 Å². The minimum atomic E-state index is 0.0302. The Balaban J connectivity index is 2.20. The summed E-state index contributed by atoms with van der Waals surface area (Å²) >= 11 is 0. The first-order valence-electron chi connectivity index (χ1n) is 5.61. The Hall–Kier alpha value is -0.900. The predicted octanol–water partition coefficient (Wildman–Crippen LogP) is 1.80. The zero-order valence-corrected chi connectivity index (χ0v) is 10.1. The quantitative estimate of drug-likeness (QED) is 0.705. The molecule has 15 heavy (non-hydrogen) atoms. The van der Waals surface area contributed by atoms with E-state index in [4.69, 9.17) is 0 Å². The molecule has 0 amide bonds. The molecule has 1 aliphatic heterocycles. The Labute approximate surface area is 91.3 Å². The van der Waals surface area contributed by atoms with Gasteiger partial charge in [0.1, 0.15) is 0 Å². The van der Waals surface area contributed by atoms with Gasteiger partial charge in [-0.15, -0.1) is 5.10 Å². The highest BCUT2D eigenvalue weighted by atomic mass is 15.4. The van der Waals surface area contributed by atoms with Gasteiger partial charge in [0.25, 0.3) is 0 Å². The summed E-state index contributed by atoms with van der Waals surface area (Å²) in [4.78, 5) is 2.36. The molecule has 1 fully saturated rings. The third-order valence-corrected chi connectivity index (χ3v) is 3.06. The second kappa shape index (κ2) is 3.59. The van der Waals surface area contributed by atoms with Crippen LogP contribution in [0.4, 0.5) is 0 Å². The summed E-state index contributed by atoms with van der Waals surface area (Å²) in [6.07, 6.45) is 4.56. The van der Waals surface area contributed by atoms with Crippen LogP contribution in [0.15, 0.2) is 6.20 Å². The lowest BCUT2D eigenvalue weighted by molar-refractivity contribution is 0.311. The van der Waals surface area contributed by atoms with E-state index in [9.17, 15) is 0 Å². The molecule has 84 valence electrons. The highest BCUT2D eigenvalue weighted by molar-refractivity contribution is 5.04. The van der Waals surface area contributed by atoms with Crippen molar-refractivity contribution in [2.24, 2.45) is 0 Å². The molecular weight excluding hydrogens is 188 g/mol. The van der Waals surface area contributed by atoms with Gasteiger partial charge in [-0.05, 0) is 47.2 Å². The molecule has 4 nitrogen and oxygen atoms in total. The molecule has 1 aromatic heterocycles. The van der Waals surface area contributed by atoms with Gasteiger partial charge in [-0.25, -0.2) is 4.68 Å². The Morgan fingerprint density at radius 2 is 2.13 bits per heavy atom. The second-order valence-electron chi connectivity index (χ2n) is 5.40. The van der Waals surface area contributed by atoms with E-state index in [2.05, 4.69) is 49.2 Å². The fourth-order valence-electron chi connectivity index (χ4n) is 2.04. The molecule has 0 radical (unpaired) electrons. The average Bonchev–Trinajstić information content (AvgIpc) is 2.69. The molecule has 2 heterocycles. The maximum Gasteiger partial charge on any atom is 0.0998 e. The van der Waals surface area contributed by atoms with E-state index in [0.29, 0.717) is 6.04 Å². The summed E-state index contributed by atoms with van der Waals surface area (Å²) in [6, 6.07) is 0.473. The molecule has 1 aromatic rings. The lowest BCUT2D eigenvalue weighted by atomic mass is 10.1. The SMILES string of the molecule is CN1CCCC1c1cn(C(C)(C)C)nn1. The van der Waals surface area contributed by atoms with Crippen LogP contribution in [0, 0.1) is 0 Å². The van der Waals surface area contributed by atoms with Crippen LogP contribution in [0.25, 0.3) is 0 Å². The van der Waals surface area contributed by atoms with Gasteiger partial charge in [-0.3, -0.25) is 4.90 Å². The standard InChI is InChI=1S/C11H20N4/c1-11(2,3)15-8-9(12-13-15)10-6-5-7-14(10)4/h8,10H,5-7H2,1-4H3. The van der Waals surface area contributed by atoms with Crippen LogP contribution in [0.3, 0.4) is 0 Å². The van der Waals surface area contributed by atoms with Crippen molar-refractivity contribution in [2.75, 3.05) is 13.6 Å². The third kappa shape index (κ3) is 2.04. The molecule has 1 unspecified atom stereocenters. The molecule has 1 atom stereocenters. The Bertz CT molecular complexity index is 337. The van der Waals surface area contributed by atoms with Gasteiger partial charge in [-0.2, -0.15) is 0 Å². The summed E-state index contributed by atoms with van der Waals surface area (Å²) in [7, 11) is 2.16. The maximum atomic E-state index is 4.29. The number of nitrogens with zero attached hydrogens (tertiary/aromatic N) is 4. The highest BCUT2D eigenvalue weighted by Crippen LogP contribution is 2.29. The number of rotatable bonds is 1. The third-order valence-electron chi connectivity index (χ3n) is 3.06. The summed E-state index contributed by atoms with van der Waals surface area (Å²) in [5, 5.41) is 8.49. The minimum absolute atomic E-state index is 0.0302. The number of hydrogen-bond donors (Lipinski definition) is 0. The molecule has 0 aromatic carbocycles. The van der Waals surface area contributed by atoms with Crippen LogP contribution in [0.2, 0.25) is 0 Å². The van der Waals surface area contributed by atoms with Crippen molar-refractivity contribution in [1.82, 2.24) is 19.9 Å². The summed E-state index contributed by atoms with van der Waals surface area (Å²) in [6.45, 7) is 7.60. The fourth-order valence-corrected chi connectivity index (χ4v) is 2.04. The molecule has 0 saturated carbocycles. The molecule has 0 bridgehead atoms. The minimum Gasteiger partial charge on any atom is -0.298 e. The van der Waals surface area contributed by atoms with Crippen molar-refractivity contribution < 1.29 is 0 Å². The summed E-state index contributed by atoms with van der Waals surface area (Å²) in [5.41, 5.74) is 1.15. The van der Waals surface area contributed by atoms with E-state index in [1.807, 2.05) is 4.68 Å². The van der Waals surface area contributed by atoms with Crippen LogP contribution >= 0.6 is 0 Å². The van der Waals surface area contributed by atoms with Crippen molar-refractivity contribution in [2.45, 2.75) is 45.2 Å². The summed E-state index contributed by atoms with van der Waals surface area (Å²) in [5.74, 6) is 0.